The van der Waals surface area contributed by atoms with Crippen LogP contribution < -0.4 is 4.90 Å². The molecule has 2 aromatic carbocycles. The third-order valence-corrected chi connectivity index (χ3v) is 8.15. The Morgan fingerprint density at radius 1 is 1.29 bits per heavy atom. The van der Waals surface area contributed by atoms with Gasteiger partial charge in [0.1, 0.15) is 0 Å². The molecule has 1 saturated heterocycles. The number of halogens is 1. The quantitative estimate of drug-likeness (QED) is 0.438. The second kappa shape index (κ2) is 9.09. The predicted octanol–water partition coefficient (Wildman–Crippen LogP) is 3.78. The minimum atomic E-state index is -1.07. The normalized spacial score (nSPS) is 27.7. The molecular formula is C27H29IN2O4. The molecule has 0 aliphatic carbocycles. The monoisotopic (exact) mass is 572 g/mol. The fourth-order valence-electron chi connectivity index (χ4n) is 5.83. The van der Waals surface area contributed by atoms with E-state index in [2.05, 4.69) is 35.2 Å². The van der Waals surface area contributed by atoms with Crippen molar-refractivity contribution >= 4 is 40.1 Å². The lowest BCUT2D eigenvalue weighted by Crippen LogP contribution is -2.47. The molecule has 3 aliphatic heterocycles. The number of fused-ring (bicyclic) bond motifs is 3. The molecule has 0 unspecified atom stereocenters. The van der Waals surface area contributed by atoms with Crippen molar-refractivity contribution in [3.05, 3.63) is 75.4 Å². The van der Waals surface area contributed by atoms with E-state index in [-0.39, 0.29) is 42.9 Å². The average molecular weight is 572 g/mol. The molecule has 178 valence electrons. The third kappa shape index (κ3) is 3.69. The number of hydrogen-bond acceptors (Lipinski definition) is 4. The molecular weight excluding hydrogens is 543 g/mol. The third-order valence-electron chi connectivity index (χ3n) is 7.48. The summed E-state index contributed by atoms with van der Waals surface area (Å²) in [6, 6.07) is 13.8. The zero-order chi connectivity index (χ0) is 24.0. The van der Waals surface area contributed by atoms with Crippen molar-refractivity contribution in [3.63, 3.8) is 0 Å². The van der Waals surface area contributed by atoms with Gasteiger partial charge in [-0.05, 0) is 64.8 Å². The van der Waals surface area contributed by atoms with Crippen LogP contribution in [0.2, 0.25) is 0 Å². The van der Waals surface area contributed by atoms with Gasteiger partial charge in [-0.2, -0.15) is 0 Å². The Balaban J connectivity index is 1.39. The first-order valence-electron chi connectivity index (χ1n) is 11.8. The van der Waals surface area contributed by atoms with Gasteiger partial charge in [0.15, 0.2) is 5.60 Å². The number of nitrogens with zero attached hydrogens (tertiary/aromatic N) is 2. The van der Waals surface area contributed by atoms with E-state index in [0.29, 0.717) is 25.9 Å². The lowest BCUT2D eigenvalue weighted by molar-refractivity contribution is -0.150. The molecule has 1 spiro atoms. The molecule has 5 rings (SSSR count). The molecule has 4 atom stereocenters. The molecule has 3 heterocycles. The van der Waals surface area contributed by atoms with E-state index >= 15 is 0 Å². The van der Waals surface area contributed by atoms with Crippen LogP contribution in [0.5, 0.6) is 0 Å². The van der Waals surface area contributed by atoms with Gasteiger partial charge in [-0.15, -0.1) is 6.58 Å². The summed E-state index contributed by atoms with van der Waals surface area (Å²) in [6.07, 6.45) is 2.82. The van der Waals surface area contributed by atoms with E-state index in [9.17, 15) is 14.7 Å². The van der Waals surface area contributed by atoms with Crippen molar-refractivity contribution in [3.8, 4) is 0 Å². The van der Waals surface area contributed by atoms with Gasteiger partial charge in [-0.1, -0.05) is 37.3 Å². The van der Waals surface area contributed by atoms with Crippen molar-refractivity contribution in [1.29, 1.82) is 0 Å². The van der Waals surface area contributed by atoms with Gasteiger partial charge in [0.25, 0.3) is 5.91 Å². The zero-order valence-corrected chi connectivity index (χ0v) is 21.4. The van der Waals surface area contributed by atoms with Crippen molar-refractivity contribution in [2.75, 3.05) is 18.1 Å². The maximum absolute atomic E-state index is 13.7. The van der Waals surface area contributed by atoms with Crippen molar-refractivity contribution in [2.24, 2.45) is 5.92 Å². The van der Waals surface area contributed by atoms with Gasteiger partial charge in [-0.25, -0.2) is 0 Å². The largest absolute Gasteiger partial charge is 0.394 e. The highest BCUT2D eigenvalue weighted by Gasteiger charge is 2.60. The highest BCUT2D eigenvalue weighted by atomic mass is 127. The van der Waals surface area contributed by atoms with Crippen LogP contribution in [0.3, 0.4) is 0 Å². The summed E-state index contributed by atoms with van der Waals surface area (Å²) in [5, 5.41) is 9.97. The van der Waals surface area contributed by atoms with Crippen LogP contribution >= 0.6 is 22.6 Å². The van der Waals surface area contributed by atoms with Gasteiger partial charge in [0.2, 0.25) is 5.91 Å². The molecule has 0 bridgehead atoms. The SMILES string of the molecule is C=CCN1C(=O)[C@]2(O[C@H](CC(=O)N3Cc4ccccc4C[C@H]3CO)C[C@@H]2C)c2cc(I)ccc21. The van der Waals surface area contributed by atoms with Crippen LogP contribution in [-0.4, -0.2) is 47.1 Å². The van der Waals surface area contributed by atoms with Crippen molar-refractivity contribution in [2.45, 2.75) is 50.5 Å². The lowest BCUT2D eigenvalue weighted by atomic mass is 9.83. The Labute approximate surface area is 213 Å². The van der Waals surface area contributed by atoms with Crippen LogP contribution in [0.1, 0.15) is 36.5 Å². The molecule has 34 heavy (non-hydrogen) atoms. The summed E-state index contributed by atoms with van der Waals surface area (Å²) >= 11 is 2.26. The summed E-state index contributed by atoms with van der Waals surface area (Å²) in [5.74, 6) is -0.189. The molecule has 2 aromatic rings. The maximum Gasteiger partial charge on any atom is 0.264 e. The number of carbonyl (C=O) groups is 2. The number of rotatable bonds is 5. The highest BCUT2D eigenvalue weighted by molar-refractivity contribution is 14.1. The first-order chi connectivity index (χ1) is 16.4. The van der Waals surface area contributed by atoms with Crippen LogP contribution in [0.4, 0.5) is 5.69 Å². The van der Waals surface area contributed by atoms with Gasteiger partial charge in [0, 0.05) is 28.1 Å². The number of amides is 2. The smallest absolute Gasteiger partial charge is 0.264 e. The van der Waals surface area contributed by atoms with Crippen molar-refractivity contribution in [1.82, 2.24) is 4.90 Å². The van der Waals surface area contributed by atoms with E-state index in [4.69, 9.17) is 4.74 Å². The fraction of sp³-hybridized carbons (Fsp3) is 0.407. The minimum Gasteiger partial charge on any atom is -0.394 e. The second-order valence-electron chi connectivity index (χ2n) is 9.51. The van der Waals surface area contributed by atoms with Gasteiger partial charge in [-0.3, -0.25) is 9.59 Å². The number of hydrogen-bond donors (Lipinski definition) is 1. The highest BCUT2D eigenvalue weighted by Crippen LogP contribution is 2.53. The predicted molar refractivity (Wildman–Crippen MR) is 138 cm³/mol. The Morgan fingerprint density at radius 2 is 2.06 bits per heavy atom. The average Bonchev–Trinajstić information content (AvgIpc) is 3.28. The van der Waals surface area contributed by atoms with Crippen LogP contribution in [0, 0.1) is 9.49 Å². The Bertz CT molecular complexity index is 1150. The number of benzene rings is 2. The van der Waals surface area contributed by atoms with Crippen LogP contribution in [-0.2, 0) is 32.9 Å². The maximum atomic E-state index is 13.7. The van der Waals surface area contributed by atoms with Gasteiger partial charge in [0.05, 0.1) is 30.9 Å². The number of anilines is 1. The summed E-state index contributed by atoms with van der Waals surface area (Å²) in [5.41, 5.74) is 2.97. The molecule has 2 amide bonds. The van der Waals surface area contributed by atoms with E-state index in [1.54, 1.807) is 15.9 Å². The molecule has 0 radical (unpaired) electrons. The standard InChI is InChI=1S/C27H29IN2O4/c1-3-10-29-24-9-8-20(28)13-23(24)27(26(29)33)17(2)11-22(34-27)14-25(32)30-15-19-7-5-4-6-18(19)12-21(30)16-31/h3-9,13,17,21-22,31H,1,10-12,14-16H2,2H3/t17-,21-,22-,27+/m0/s1. The molecule has 0 aromatic heterocycles. The molecule has 6 nitrogen and oxygen atoms in total. The zero-order valence-electron chi connectivity index (χ0n) is 19.2. The number of ether oxygens (including phenoxy) is 1. The Morgan fingerprint density at radius 3 is 2.79 bits per heavy atom. The first-order valence-corrected chi connectivity index (χ1v) is 12.8. The summed E-state index contributed by atoms with van der Waals surface area (Å²) in [6.45, 7) is 6.68. The Hall–Kier alpha value is -2.23. The van der Waals surface area contributed by atoms with Crippen LogP contribution in [0.25, 0.3) is 0 Å². The summed E-state index contributed by atoms with van der Waals surface area (Å²) < 4.78 is 7.59. The topological polar surface area (TPSA) is 70.1 Å². The summed E-state index contributed by atoms with van der Waals surface area (Å²) in [7, 11) is 0. The minimum absolute atomic E-state index is 0.0425. The van der Waals surface area contributed by atoms with E-state index in [0.717, 1.165) is 20.4 Å². The summed E-state index contributed by atoms with van der Waals surface area (Å²) in [4.78, 5) is 30.6. The van der Waals surface area contributed by atoms with Crippen molar-refractivity contribution < 1.29 is 19.4 Å². The number of aliphatic hydroxyl groups excluding tert-OH is 1. The molecule has 0 saturated carbocycles. The van der Waals surface area contributed by atoms with Crippen LogP contribution in [0.15, 0.2) is 55.1 Å². The molecule has 3 aliphatic rings. The van der Waals surface area contributed by atoms with E-state index < -0.39 is 5.60 Å². The molecule has 1 N–H and O–H groups in total. The van der Waals surface area contributed by atoms with E-state index in [1.807, 2.05) is 43.3 Å². The number of aliphatic hydroxyl groups is 1. The lowest BCUT2D eigenvalue weighted by Gasteiger charge is -2.36. The fourth-order valence-corrected chi connectivity index (χ4v) is 6.32. The Kier molecular flexibility index (Phi) is 6.29. The van der Waals surface area contributed by atoms with Gasteiger partial charge < -0.3 is 19.6 Å². The molecule has 7 heteroatoms. The molecule has 1 fully saturated rings. The van der Waals surface area contributed by atoms with Gasteiger partial charge >= 0.3 is 0 Å². The number of carbonyl (C=O) groups excluding carboxylic acids is 2. The first kappa shape index (κ1) is 23.5. The van der Waals surface area contributed by atoms with E-state index in [1.165, 1.54) is 5.56 Å². The second-order valence-corrected chi connectivity index (χ2v) is 10.8.